The van der Waals surface area contributed by atoms with E-state index in [1.54, 1.807) is 25.1 Å². The van der Waals surface area contributed by atoms with E-state index in [1.807, 2.05) is 42.5 Å². The molecule has 3 aromatic carbocycles. The highest BCUT2D eigenvalue weighted by Crippen LogP contribution is 2.38. The SMILES string of the molecule is CCCN(C)Cc1ccc(N/C(=C2\C(=O)Nc3cc(C(=O)OCC)ccc32)c2ccccc2)cc1. The number of rotatable bonds is 9. The molecule has 0 saturated heterocycles. The normalized spacial score (nSPS) is 13.9. The van der Waals surface area contributed by atoms with Crippen LogP contribution in [0.15, 0.2) is 72.8 Å². The number of amides is 1. The molecule has 6 nitrogen and oxygen atoms in total. The average molecular weight is 470 g/mol. The van der Waals surface area contributed by atoms with E-state index >= 15 is 0 Å². The van der Waals surface area contributed by atoms with Gasteiger partial charge in [0.25, 0.3) is 5.91 Å². The van der Waals surface area contributed by atoms with Crippen molar-refractivity contribution in [3.63, 3.8) is 0 Å². The smallest absolute Gasteiger partial charge is 0.338 e. The van der Waals surface area contributed by atoms with Crippen LogP contribution in [0.25, 0.3) is 11.3 Å². The molecule has 1 aliphatic heterocycles. The number of benzene rings is 3. The van der Waals surface area contributed by atoms with E-state index in [0.717, 1.165) is 36.3 Å². The van der Waals surface area contributed by atoms with Crippen LogP contribution in [0, 0.1) is 0 Å². The van der Waals surface area contributed by atoms with Crippen LogP contribution in [0.2, 0.25) is 0 Å². The Morgan fingerprint density at radius 3 is 2.40 bits per heavy atom. The molecule has 35 heavy (non-hydrogen) atoms. The number of hydrogen-bond donors (Lipinski definition) is 2. The summed E-state index contributed by atoms with van der Waals surface area (Å²) in [6, 6.07) is 23.2. The van der Waals surface area contributed by atoms with Gasteiger partial charge in [0.1, 0.15) is 0 Å². The lowest BCUT2D eigenvalue weighted by Crippen LogP contribution is -2.18. The van der Waals surface area contributed by atoms with Crippen LogP contribution >= 0.6 is 0 Å². The summed E-state index contributed by atoms with van der Waals surface area (Å²) in [5, 5.41) is 6.40. The lowest BCUT2D eigenvalue weighted by molar-refractivity contribution is -0.110. The first-order valence-electron chi connectivity index (χ1n) is 12.0. The van der Waals surface area contributed by atoms with Crippen LogP contribution in [-0.2, 0) is 16.1 Å². The Labute approximate surface area is 206 Å². The van der Waals surface area contributed by atoms with Crippen molar-refractivity contribution in [3.8, 4) is 0 Å². The quantitative estimate of drug-likeness (QED) is 0.314. The van der Waals surface area contributed by atoms with Crippen molar-refractivity contribution in [3.05, 3.63) is 95.1 Å². The molecule has 0 unspecified atom stereocenters. The lowest BCUT2D eigenvalue weighted by atomic mass is 9.99. The second kappa shape index (κ2) is 11.0. The maximum atomic E-state index is 13.1. The number of anilines is 2. The second-order valence-corrected chi connectivity index (χ2v) is 8.61. The van der Waals surface area contributed by atoms with E-state index in [2.05, 4.69) is 41.6 Å². The summed E-state index contributed by atoms with van der Waals surface area (Å²) < 4.78 is 5.11. The van der Waals surface area contributed by atoms with E-state index in [4.69, 9.17) is 4.74 Å². The van der Waals surface area contributed by atoms with E-state index in [0.29, 0.717) is 29.1 Å². The lowest BCUT2D eigenvalue weighted by Gasteiger charge is -2.17. The largest absolute Gasteiger partial charge is 0.462 e. The third-order valence-corrected chi connectivity index (χ3v) is 5.87. The minimum absolute atomic E-state index is 0.217. The Balaban J connectivity index is 1.70. The molecule has 4 rings (SSSR count). The molecule has 3 aromatic rings. The zero-order valence-corrected chi connectivity index (χ0v) is 20.4. The van der Waals surface area contributed by atoms with E-state index in [-0.39, 0.29) is 5.91 Å². The average Bonchev–Trinajstić information content (AvgIpc) is 3.19. The van der Waals surface area contributed by atoms with Crippen LogP contribution in [0.1, 0.15) is 47.3 Å². The second-order valence-electron chi connectivity index (χ2n) is 8.61. The molecule has 1 aliphatic rings. The molecule has 0 radical (unpaired) electrons. The van der Waals surface area contributed by atoms with E-state index < -0.39 is 5.97 Å². The molecule has 0 atom stereocenters. The number of fused-ring (bicyclic) bond motifs is 1. The molecular formula is C29H31N3O3. The zero-order valence-electron chi connectivity index (χ0n) is 20.4. The topological polar surface area (TPSA) is 70.7 Å². The fourth-order valence-corrected chi connectivity index (χ4v) is 4.26. The fourth-order valence-electron chi connectivity index (χ4n) is 4.26. The maximum Gasteiger partial charge on any atom is 0.338 e. The molecule has 1 heterocycles. The Morgan fingerprint density at radius 1 is 0.971 bits per heavy atom. The molecule has 180 valence electrons. The molecule has 1 amide bonds. The standard InChI is InChI=1S/C29H31N3O3/c1-4-17-32(3)19-20-11-14-23(15-12-20)30-27(21-9-7-6-8-10-21)26-24-16-13-22(29(34)35-5-2)18-25(24)31-28(26)33/h6-16,18,30H,4-5,17,19H2,1-3H3,(H,31,33)/b27-26-. The minimum Gasteiger partial charge on any atom is -0.462 e. The van der Waals surface area contributed by atoms with Crippen LogP contribution in [-0.4, -0.2) is 37.0 Å². The van der Waals surface area contributed by atoms with E-state index in [9.17, 15) is 9.59 Å². The summed E-state index contributed by atoms with van der Waals surface area (Å²) in [7, 11) is 2.12. The van der Waals surface area contributed by atoms with Crippen LogP contribution in [0.3, 0.4) is 0 Å². The van der Waals surface area contributed by atoms with Crippen molar-refractivity contribution >= 4 is 34.5 Å². The maximum absolute atomic E-state index is 13.1. The number of hydrogen-bond acceptors (Lipinski definition) is 5. The van der Waals surface area contributed by atoms with Gasteiger partial charge in [-0.15, -0.1) is 0 Å². The van der Waals surface area contributed by atoms with Crippen molar-refractivity contribution in [2.24, 2.45) is 0 Å². The molecule has 6 heteroatoms. The van der Waals surface area contributed by atoms with Crippen LogP contribution in [0.5, 0.6) is 0 Å². The summed E-state index contributed by atoms with van der Waals surface area (Å²) in [5.41, 5.74) is 6.01. The fraction of sp³-hybridized carbons (Fsp3) is 0.241. The number of nitrogens with one attached hydrogen (secondary N) is 2. The highest BCUT2D eigenvalue weighted by molar-refractivity contribution is 6.37. The van der Waals surface area contributed by atoms with Gasteiger partial charge < -0.3 is 20.3 Å². The van der Waals surface area contributed by atoms with Crippen molar-refractivity contribution in [2.75, 3.05) is 30.8 Å². The molecule has 0 bridgehead atoms. The number of nitrogens with zero attached hydrogens (tertiary/aromatic N) is 1. The van der Waals surface area contributed by atoms with Crippen LogP contribution < -0.4 is 10.6 Å². The van der Waals surface area contributed by atoms with Gasteiger partial charge in [-0.2, -0.15) is 0 Å². The summed E-state index contributed by atoms with van der Waals surface area (Å²) in [6.45, 7) is 6.18. The van der Waals surface area contributed by atoms with Crippen molar-refractivity contribution in [2.45, 2.75) is 26.8 Å². The van der Waals surface area contributed by atoms with Gasteiger partial charge in [0.15, 0.2) is 0 Å². The summed E-state index contributed by atoms with van der Waals surface area (Å²) in [6.07, 6.45) is 1.12. The zero-order chi connectivity index (χ0) is 24.8. The van der Waals surface area contributed by atoms with Gasteiger partial charge in [0.05, 0.1) is 29.1 Å². The van der Waals surface area contributed by atoms with Crippen LogP contribution in [0.4, 0.5) is 11.4 Å². The molecule has 0 spiro atoms. The number of esters is 1. The number of ether oxygens (including phenoxy) is 1. The Hall–Kier alpha value is -3.90. The Morgan fingerprint density at radius 2 is 1.71 bits per heavy atom. The van der Waals surface area contributed by atoms with Gasteiger partial charge in [-0.1, -0.05) is 55.5 Å². The number of carbonyl (C=O) groups is 2. The van der Waals surface area contributed by atoms with Gasteiger partial charge in [-0.3, -0.25) is 4.79 Å². The van der Waals surface area contributed by atoms with Crippen molar-refractivity contribution < 1.29 is 14.3 Å². The van der Waals surface area contributed by atoms with Gasteiger partial charge in [0.2, 0.25) is 0 Å². The molecule has 2 N–H and O–H groups in total. The van der Waals surface area contributed by atoms with Gasteiger partial charge >= 0.3 is 5.97 Å². The first-order valence-corrected chi connectivity index (χ1v) is 12.0. The van der Waals surface area contributed by atoms with Gasteiger partial charge in [-0.05, 0) is 62.3 Å². The van der Waals surface area contributed by atoms with E-state index in [1.165, 1.54) is 5.56 Å². The highest BCUT2D eigenvalue weighted by Gasteiger charge is 2.29. The minimum atomic E-state index is -0.409. The first kappa shape index (κ1) is 24.2. The summed E-state index contributed by atoms with van der Waals surface area (Å²) in [4.78, 5) is 27.6. The molecular weight excluding hydrogens is 438 g/mol. The molecule has 0 fully saturated rings. The molecule has 0 aliphatic carbocycles. The predicted octanol–water partition coefficient (Wildman–Crippen LogP) is 5.64. The Kier molecular flexibility index (Phi) is 7.63. The van der Waals surface area contributed by atoms with Crippen molar-refractivity contribution in [1.29, 1.82) is 0 Å². The predicted molar refractivity (Wildman–Crippen MR) is 141 cm³/mol. The molecule has 0 saturated carbocycles. The van der Waals surface area contributed by atoms with Gasteiger partial charge in [-0.25, -0.2) is 4.79 Å². The molecule has 0 aromatic heterocycles. The summed E-state index contributed by atoms with van der Waals surface area (Å²) >= 11 is 0. The first-order chi connectivity index (χ1) is 17.0. The number of carbonyl (C=O) groups excluding carboxylic acids is 2. The third kappa shape index (κ3) is 5.61. The Bertz CT molecular complexity index is 1230. The summed E-state index contributed by atoms with van der Waals surface area (Å²) in [5.74, 6) is -0.627. The van der Waals surface area contributed by atoms with Gasteiger partial charge in [0, 0.05) is 17.8 Å². The van der Waals surface area contributed by atoms with Crippen molar-refractivity contribution in [1.82, 2.24) is 4.90 Å². The third-order valence-electron chi connectivity index (χ3n) is 5.87. The monoisotopic (exact) mass is 469 g/mol. The highest BCUT2D eigenvalue weighted by atomic mass is 16.5.